The van der Waals surface area contributed by atoms with Crippen LogP contribution in [0.4, 0.5) is 0 Å². The molecule has 1 fully saturated rings. The number of likely N-dealkylation sites (N-methyl/N-ethyl adjacent to an activating group) is 1. The van der Waals surface area contributed by atoms with E-state index in [0.717, 1.165) is 6.54 Å². The third kappa shape index (κ3) is 2.91. The lowest BCUT2D eigenvalue weighted by molar-refractivity contribution is 0.204. The molecule has 0 aromatic heterocycles. The van der Waals surface area contributed by atoms with Gasteiger partial charge in [-0.2, -0.15) is 0 Å². The van der Waals surface area contributed by atoms with Crippen LogP contribution in [0.2, 0.25) is 0 Å². The second kappa shape index (κ2) is 5.10. The molecular weight excluding hydrogens is 184 g/mol. The Bertz CT molecular complexity index is 319. The number of nitrogens with one attached hydrogen (secondary N) is 1. The number of rotatable bonds is 2. The van der Waals surface area contributed by atoms with Crippen molar-refractivity contribution in [2.75, 3.05) is 20.1 Å². The summed E-state index contributed by atoms with van der Waals surface area (Å²) < 4.78 is 0. The first-order valence-corrected chi connectivity index (χ1v) is 5.53. The largest absolute Gasteiger partial charge is 0.298 e. The molecule has 80 valence electrons. The fourth-order valence-electron chi connectivity index (χ4n) is 1.85. The first kappa shape index (κ1) is 10.4. The van der Waals surface area contributed by atoms with Crippen LogP contribution in [0, 0.1) is 0 Å². The fourth-order valence-corrected chi connectivity index (χ4v) is 1.85. The Balaban J connectivity index is 1.98. The summed E-state index contributed by atoms with van der Waals surface area (Å²) in [6.07, 6.45) is 6.04. The number of hydrogen-bond acceptors (Lipinski definition) is 2. The highest BCUT2D eigenvalue weighted by molar-refractivity contribution is 5.49. The summed E-state index contributed by atoms with van der Waals surface area (Å²) in [5.41, 5.74) is 1.26. The minimum atomic E-state index is 0.388. The van der Waals surface area contributed by atoms with Crippen molar-refractivity contribution >= 4 is 6.08 Å². The number of benzene rings is 1. The van der Waals surface area contributed by atoms with E-state index < -0.39 is 0 Å². The zero-order chi connectivity index (χ0) is 10.5. The van der Waals surface area contributed by atoms with E-state index in [9.17, 15) is 0 Å². The smallest absolute Gasteiger partial charge is 0.0790 e. The molecule has 0 bridgehead atoms. The molecular formula is C13H18N2. The monoisotopic (exact) mass is 202 g/mol. The van der Waals surface area contributed by atoms with Crippen molar-refractivity contribution in [1.82, 2.24) is 10.2 Å². The molecule has 2 rings (SSSR count). The maximum Gasteiger partial charge on any atom is 0.0790 e. The first-order chi connectivity index (χ1) is 7.36. The predicted molar refractivity (Wildman–Crippen MR) is 64.5 cm³/mol. The number of hydrogen-bond donors (Lipinski definition) is 1. The average molecular weight is 202 g/mol. The van der Waals surface area contributed by atoms with Crippen molar-refractivity contribution < 1.29 is 0 Å². The van der Waals surface area contributed by atoms with Crippen LogP contribution in [0.15, 0.2) is 36.4 Å². The molecule has 1 aliphatic heterocycles. The molecule has 1 aliphatic rings. The van der Waals surface area contributed by atoms with Crippen LogP contribution in [-0.2, 0) is 0 Å². The topological polar surface area (TPSA) is 15.3 Å². The maximum atomic E-state index is 3.48. The van der Waals surface area contributed by atoms with E-state index in [1.807, 2.05) is 6.07 Å². The minimum absolute atomic E-state index is 0.388. The van der Waals surface area contributed by atoms with Crippen LogP contribution in [-0.4, -0.2) is 31.2 Å². The van der Waals surface area contributed by atoms with E-state index in [-0.39, 0.29) is 0 Å². The molecule has 1 unspecified atom stereocenters. The standard InChI is InChI=1S/C13H18N2/c1-15-11-5-10-14-13(15)9-8-12-6-3-2-4-7-12/h2-4,6-9,13-14H,5,10-11H2,1H3. The van der Waals surface area contributed by atoms with Gasteiger partial charge in [-0.05, 0) is 25.6 Å². The van der Waals surface area contributed by atoms with Gasteiger partial charge in [0.05, 0.1) is 6.17 Å². The summed E-state index contributed by atoms with van der Waals surface area (Å²) in [5.74, 6) is 0. The van der Waals surface area contributed by atoms with E-state index in [2.05, 4.69) is 53.7 Å². The zero-order valence-corrected chi connectivity index (χ0v) is 9.19. The van der Waals surface area contributed by atoms with Gasteiger partial charge in [-0.1, -0.05) is 42.5 Å². The van der Waals surface area contributed by atoms with Crippen LogP contribution in [0.25, 0.3) is 6.08 Å². The Kier molecular flexibility index (Phi) is 3.54. The Morgan fingerprint density at radius 1 is 1.33 bits per heavy atom. The molecule has 15 heavy (non-hydrogen) atoms. The molecule has 0 radical (unpaired) electrons. The van der Waals surface area contributed by atoms with Gasteiger partial charge >= 0.3 is 0 Å². The van der Waals surface area contributed by atoms with Crippen molar-refractivity contribution in [2.24, 2.45) is 0 Å². The number of nitrogens with zero attached hydrogens (tertiary/aromatic N) is 1. The summed E-state index contributed by atoms with van der Waals surface area (Å²) in [6.45, 7) is 2.30. The molecule has 0 aliphatic carbocycles. The van der Waals surface area contributed by atoms with Crippen LogP contribution in [0.5, 0.6) is 0 Å². The molecule has 1 atom stereocenters. The molecule has 2 heteroatoms. The molecule has 0 amide bonds. The van der Waals surface area contributed by atoms with Crippen molar-refractivity contribution in [3.8, 4) is 0 Å². The molecule has 1 saturated heterocycles. The molecule has 1 heterocycles. The predicted octanol–water partition coefficient (Wildman–Crippen LogP) is 1.95. The van der Waals surface area contributed by atoms with Crippen molar-refractivity contribution in [2.45, 2.75) is 12.6 Å². The highest BCUT2D eigenvalue weighted by Crippen LogP contribution is 2.06. The van der Waals surface area contributed by atoms with Gasteiger partial charge in [-0.25, -0.2) is 0 Å². The van der Waals surface area contributed by atoms with Gasteiger partial charge in [0.1, 0.15) is 0 Å². The lowest BCUT2D eigenvalue weighted by atomic mass is 10.2. The summed E-state index contributed by atoms with van der Waals surface area (Å²) in [4.78, 5) is 2.34. The minimum Gasteiger partial charge on any atom is -0.298 e. The third-order valence-corrected chi connectivity index (χ3v) is 2.79. The highest BCUT2D eigenvalue weighted by atomic mass is 15.3. The lowest BCUT2D eigenvalue weighted by Gasteiger charge is -2.31. The molecule has 1 N–H and O–H groups in total. The van der Waals surface area contributed by atoms with Gasteiger partial charge in [-0.3, -0.25) is 10.2 Å². The van der Waals surface area contributed by atoms with Gasteiger partial charge in [0.2, 0.25) is 0 Å². The van der Waals surface area contributed by atoms with Gasteiger partial charge in [0, 0.05) is 6.54 Å². The van der Waals surface area contributed by atoms with Crippen molar-refractivity contribution in [3.63, 3.8) is 0 Å². The average Bonchev–Trinajstić information content (AvgIpc) is 2.29. The van der Waals surface area contributed by atoms with Gasteiger partial charge in [-0.15, -0.1) is 0 Å². The Morgan fingerprint density at radius 2 is 2.13 bits per heavy atom. The summed E-state index contributed by atoms with van der Waals surface area (Å²) in [5, 5.41) is 3.48. The lowest BCUT2D eigenvalue weighted by Crippen LogP contribution is -2.47. The molecule has 0 spiro atoms. The zero-order valence-electron chi connectivity index (χ0n) is 9.19. The summed E-state index contributed by atoms with van der Waals surface area (Å²) >= 11 is 0. The second-order valence-corrected chi connectivity index (χ2v) is 4.00. The van der Waals surface area contributed by atoms with E-state index in [4.69, 9.17) is 0 Å². The normalized spacial score (nSPS) is 23.4. The Labute approximate surface area is 91.6 Å². The highest BCUT2D eigenvalue weighted by Gasteiger charge is 2.14. The van der Waals surface area contributed by atoms with E-state index in [0.29, 0.717) is 6.17 Å². The van der Waals surface area contributed by atoms with E-state index in [1.54, 1.807) is 0 Å². The molecule has 0 saturated carbocycles. The van der Waals surface area contributed by atoms with Crippen LogP contribution in [0.3, 0.4) is 0 Å². The quantitative estimate of drug-likeness (QED) is 0.788. The van der Waals surface area contributed by atoms with Gasteiger partial charge in [0.25, 0.3) is 0 Å². The van der Waals surface area contributed by atoms with E-state index in [1.165, 1.54) is 18.5 Å². The Morgan fingerprint density at radius 3 is 2.87 bits per heavy atom. The van der Waals surface area contributed by atoms with Crippen LogP contribution in [0.1, 0.15) is 12.0 Å². The van der Waals surface area contributed by atoms with E-state index >= 15 is 0 Å². The van der Waals surface area contributed by atoms with Gasteiger partial charge < -0.3 is 0 Å². The van der Waals surface area contributed by atoms with Crippen LogP contribution >= 0.6 is 0 Å². The second-order valence-electron chi connectivity index (χ2n) is 4.00. The first-order valence-electron chi connectivity index (χ1n) is 5.53. The Hall–Kier alpha value is -1.12. The summed E-state index contributed by atoms with van der Waals surface area (Å²) in [6, 6.07) is 10.4. The molecule has 2 nitrogen and oxygen atoms in total. The SMILES string of the molecule is CN1CCCNC1C=Cc1ccccc1. The molecule has 1 aromatic carbocycles. The molecule has 1 aromatic rings. The van der Waals surface area contributed by atoms with Crippen LogP contribution < -0.4 is 5.32 Å². The fraction of sp³-hybridized carbons (Fsp3) is 0.385. The van der Waals surface area contributed by atoms with Gasteiger partial charge in [0.15, 0.2) is 0 Å². The van der Waals surface area contributed by atoms with Crippen molar-refractivity contribution in [1.29, 1.82) is 0 Å². The third-order valence-electron chi connectivity index (χ3n) is 2.79. The van der Waals surface area contributed by atoms with Crippen molar-refractivity contribution in [3.05, 3.63) is 42.0 Å². The maximum absolute atomic E-state index is 3.48. The summed E-state index contributed by atoms with van der Waals surface area (Å²) in [7, 11) is 2.16.